The monoisotopic (exact) mass is 371 g/mol. The van der Waals surface area contributed by atoms with Gasteiger partial charge in [0.05, 0.1) is 6.42 Å². The van der Waals surface area contributed by atoms with Crippen LogP contribution in [0.3, 0.4) is 0 Å². The molecule has 1 N–H and O–H groups in total. The maximum atomic E-state index is 12.8. The van der Waals surface area contributed by atoms with E-state index >= 15 is 0 Å². The molecule has 0 spiro atoms. The molecule has 0 radical (unpaired) electrons. The largest absolute Gasteiger partial charge is 0.341 e. The second kappa shape index (κ2) is 8.77. The highest BCUT2D eigenvalue weighted by molar-refractivity contribution is 5.79. The number of amides is 3. The average Bonchev–Trinajstić information content (AvgIpc) is 3.00. The van der Waals surface area contributed by atoms with Gasteiger partial charge in [0.25, 0.3) is 0 Å². The van der Waals surface area contributed by atoms with Crippen LogP contribution in [0.25, 0.3) is 0 Å². The summed E-state index contributed by atoms with van der Waals surface area (Å²) in [5, 5.41) is 3.16. The zero-order valence-corrected chi connectivity index (χ0v) is 17.0. The summed E-state index contributed by atoms with van der Waals surface area (Å²) in [4.78, 5) is 29.1. The molecule has 2 aliphatic rings. The molecule has 1 aliphatic carbocycles. The molecule has 0 atom stereocenters. The summed E-state index contributed by atoms with van der Waals surface area (Å²) in [7, 11) is 0. The molecule has 2 fully saturated rings. The molecule has 0 aromatic heterocycles. The first-order valence-electron chi connectivity index (χ1n) is 10.3. The standard InChI is InChI=1S/C22H33N3O2/c1-16-13-18(3)19(14-17(16)2)15-21(26)24-9-6-10-25(12-11-24)22(27)23-20-7-4-5-8-20/h13-14,20H,4-12,15H2,1-3H3,(H,23,27). The van der Waals surface area contributed by atoms with Crippen LogP contribution in [-0.2, 0) is 11.2 Å². The van der Waals surface area contributed by atoms with Crippen LogP contribution in [0.1, 0.15) is 54.4 Å². The van der Waals surface area contributed by atoms with Gasteiger partial charge >= 0.3 is 6.03 Å². The lowest BCUT2D eigenvalue weighted by Gasteiger charge is -2.24. The summed E-state index contributed by atoms with van der Waals surface area (Å²) in [5.41, 5.74) is 4.79. The van der Waals surface area contributed by atoms with E-state index in [-0.39, 0.29) is 11.9 Å². The Bertz CT molecular complexity index is 695. The number of nitrogens with one attached hydrogen (secondary N) is 1. The van der Waals surface area contributed by atoms with E-state index < -0.39 is 0 Å². The Morgan fingerprint density at radius 2 is 1.52 bits per heavy atom. The molecule has 1 aromatic rings. The van der Waals surface area contributed by atoms with Gasteiger partial charge in [-0.1, -0.05) is 25.0 Å². The van der Waals surface area contributed by atoms with Crippen LogP contribution in [0.15, 0.2) is 12.1 Å². The first-order chi connectivity index (χ1) is 12.9. The minimum absolute atomic E-state index is 0.0428. The zero-order valence-electron chi connectivity index (χ0n) is 17.0. The molecule has 3 amide bonds. The first kappa shape index (κ1) is 19.7. The fourth-order valence-corrected chi connectivity index (χ4v) is 4.19. The highest BCUT2D eigenvalue weighted by atomic mass is 16.2. The van der Waals surface area contributed by atoms with E-state index in [4.69, 9.17) is 0 Å². The van der Waals surface area contributed by atoms with E-state index in [1.165, 1.54) is 29.5 Å². The third-order valence-corrected chi connectivity index (χ3v) is 6.11. The predicted octanol–water partition coefficient (Wildman–Crippen LogP) is 3.34. The third-order valence-electron chi connectivity index (χ3n) is 6.11. The van der Waals surface area contributed by atoms with Gasteiger partial charge in [-0.3, -0.25) is 4.79 Å². The SMILES string of the molecule is Cc1cc(C)c(CC(=O)N2CCCN(C(=O)NC3CCCC3)CC2)cc1C. The summed E-state index contributed by atoms with van der Waals surface area (Å²) in [6.45, 7) is 8.98. The van der Waals surface area contributed by atoms with Crippen molar-refractivity contribution in [3.8, 4) is 0 Å². The Morgan fingerprint density at radius 3 is 2.26 bits per heavy atom. The molecule has 3 rings (SSSR count). The van der Waals surface area contributed by atoms with Crippen molar-refractivity contribution in [2.45, 2.75) is 65.3 Å². The van der Waals surface area contributed by atoms with Gasteiger partial charge in [0, 0.05) is 32.2 Å². The van der Waals surface area contributed by atoms with Crippen molar-refractivity contribution in [2.24, 2.45) is 0 Å². The average molecular weight is 372 g/mol. The number of hydrogen-bond donors (Lipinski definition) is 1. The molecule has 0 unspecified atom stereocenters. The van der Waals surface area contributed by atoms with Gasteiger partial charge in [-0.15, -0.1) is 0 Å². The maximum Gasteiger partial charge on any atom is 0.317 e. The van der Waals surface area contributed by atoms with Crippen LogP contribution in [0.4, 0.5) is 4.79 Å². The van der Waals surface area contributed by atoms with E-state index in [1.807, 2.05) is 9.80 Å². The predicted molar refractivity (Wildman–Crippen MR) is 108 cm³/mol. The van der Waals surface area contributed by atoms with E-state index in [1.54, 1.807) is 0 Å². The Balaban J connectivity index is 1.55. The Hall–Kier alpha value is -2.04. The number of carbonyl (C=O) groups excluding carboxylic acids is 2. The van der Waals surface area contributed by atoms with Crippen molar-refractivity contribution in [1.29, 1.82) is 0 Å². The van der Waals surface area contributed by atoms with Gasteiger partial charge in [0.1, 0.15) is 0 Å². The molecule has 1 saturated heterocycles. The smallest absolute Gasteiger partial charge is 0.317 e. The lowest BCUT2D eigenvalue weighted by atomic mass is 9.98. The minimum Gasteiger partial charge on any atom is -0.341 e. The molecule has 1 aromatic carbocycles. The van der Waals surface area contributed by atoms with Gasteiger partial charge in [-0.25, -0.2) is 4.79 Å². The molecule has 27 heavy (non-hydrogen) atoms. The van der Waals surface area contributed by atoms with Crippen molar-refractivity contribution in [1.82, 2.24) is 15.1 Å². The molecule has 148 valence electrons. The van der Waals surface area contributed by atoms with Gasteiger partial charge < -0.3 is 15.1 Å². The van der Waals surface area contributed by atoms with Crippen LogP contribution < -0.4 is 5.32 Å². The van der Waals surface area contributed by atoms with Crippen LogP contribution in [0, 0.1) is 20.8 Å². The molecular formula is C22H33N3O2. The zero-order chi connectivity index (χ0) is 19.4. The summed E-state index contributed by atoms with van der Waals surface area (Å²) in [6, 6.07) is 4.68. The van der Waals surface area contributed by atoms with Crippen molar-refractivity contribution in [2.75, 3.05) is 26.2 Å². The van der Waals surface area contributed by atoms with Gasteiger partial charge in [-0.05, 0) is 62.3 Å². The topological polar surface area (TPSA) is 52.7 Å². The minimum atomic E-state index is 0.0428. The molecule has 5 nitrogen and oxygen atoms in total. The lowest BCUT2D eigenvalue weighted by molar-refractivity contribution is -0.130. The lowest BCUT2D eigenvalue weighted by Crippen LogP contribution is -2.45. The normalized spacial score (nSPS) is 18.5. The number of carbonyl (C=O) groups is 2. The van der Waals surface area contributed by atoms with Gasteiger partial charge in [-0.2, -0.15) is 0 Å². The maximum absolute atomic E-state index is 12.8. The fourth-order valence-electron chi connectivity index (χ4n) is 4.19. The van der Waals surface area contributed by atoms with Crippen molar-refractivity contribution in [3.05, 3.63) is 34.4 Å². The van der Waals surface area contributed by atoms with Crippen LogP contribution in [0.2, 0.25) is 0 Å². The molecule has 1 heterocycles. The summed E-state index contributed by atoms with van der Waals surface area (Å²) < 4.78 is 0. The summed E-state index contributed by atoms with van der Waals surface area (Å²) >= 11 is 0. The number of rotatable bonds is 3. The van der Waals surface area contributed by atoms with Crippen molar-refractivity contribution in [3.63, 3.8) is 0 Å². The molecule has 1 saturated carbocycles. The summed E-state index contributed by atoms with van der Waals surface area (Å²) in [6.07, 6.45) is 5.91. The molecule has 1 aliphatic heterocycles. The number of urea groups is 1. The number of benzene rings is 1. The Kier molecular flexibility index (Phi) is 6.40. The fraction of sp³-hybridized carbons (Fsp3) is 0.636. The Morgan fingerprint density at radius 1 is 0.889 bits per heavy atom. The van der Waals surface area contributed by atoms with E-state index in [0.29, 0.717) is 25.6 Å². The second-order valence-electron chi connectivity index (χ2n) is 8.19. The van der Waals surface area contributed by atoms with Crippen LogP contribution in [-0.4, -0.2) is 54.0 Å². The quantitative estimate of drug-likeness (QED) is 0.886. The van der Waals surface area contributed by atoms with Crippen LogP contribution >= 0.6 is 0 Å². The highest BCUT2D eigenvalue weighted by Crippen LogP contribution is 2.19. The van der Waals surface area contributed by atoms with Crippen molar-refractivity contribution >= 4 is 11.9 Å². The van der Waals surface area contributed by atoms with E-state index in [0.717, 1.165) is 37.9 Å². The van der Waals surface area contributed by atoms with Crippen LogP contribution in [0.5, 0.6) is 0 Å². The van der Waals surface area contributed by atoms with E-state index in [9.17, 15) is 9.59 Å². The summed E-state index contributed by atoms with van der Waals surface area (Å²) in [5.74, 6) is 0.166. The third kappa shape index (κ3) is 5.02. The highest BCUT2D eigenvalue weighted by Gasteiger charge is 2.25. The number of nitrogens with zero attached hydrogens (tertiary/aromatic N) is 2. The van der Waals surface area contributed by atoms with E-state index in [2.05, 4.69) is 38.2 Å². The molecule has 0 bridgehead atoms. The van der Waals surface area contributed by atoms with Gasteiger partial charge in [0.2, 0.25) is 5.91 Å². The first-order valence-corrected chi connectivity index (χ1v) is 10.3. The number of hydrogen-bond acceptors (Lipinski definition) is 2. The molecule has 5 heteroatoms. The van der Waals surface area contributed by atoms with Gasteiger partial charge in [0.15, 0.2) is 0 Å². The Labute approximate surface area is 163 Å². The number of aryl methyl sites for hydroxylation is 3. The van der Waals surface area contributed by atoms with Crippen molar-refractivity contribution < 1.29 is 9.59 Å². The molecular weight excluding hydrogens is 338 g/mol. The second-order valence-corrected chi connectivity index (χ2v) is 8.19.